The smallest absolute Gasteiger partial charge is 0.339 e. The Morgan fingerprint density at radius 3 is 2.70 bits per heavy atom. The molecule has 2 aromatic rings. The molecular weight excluding hydrogens is 280 g/mol. The highest BCUT2D eigenvalue weighted by Gasteiger charge is 2.14. The van der Waals surface area contributed by atoms with Gasteiger partial charge < -0.3 is 15.2 Å². The molecule has 0 saturated heterocycles. The second kappa shape index (κ2) is 5.70. The third-order valence-electron chi connectivity index (χ3n) is 2.53. The Bertz CT molecular complexity index is 666. The summed E-state index contributed by atoms with van der Waals surface area (Å²) in [5.41, 5.74) is 0.502. The number of carbonyl (C=O) groups is 2. The van der Waals surface area contributed by atoms with Crippen molar-refractivity contribution in [2.75, 3.05) is 12.4 Å². The van der Waals surface area contributed by atoms with E-state index in [1.165, 1.54) is 42.8 Å². The fourth-order valence-corrected chi connectivity index (χ4v) is 2.28. The van der Waals surface area contributed by atoms with Crippen molar-refractivity contribution in [2.24, 2.45) is 0 Å². The Morgan fingerprint density at radius 2 is 2.15 bits per heavy atom. The molecule has 0 unspecified atom stereocenters. The molecule has 1 aromatic heterocycles. The summed E-state index contributed by atoms with van der Waals surface area (Å²) in [6, 6.07) is 4.36. The van der Waals surface area contributed by atoms with Crippen LogP contribution in [0, 0.1) is 6.92 Å². The van der Waals surface area contributed by atoms with E-state index in [1.54, 1.807) is 0 Å². The van der Waals surface area contributed by atoms with E-state index in [4.69, 9.17) is 9.84 Å². The van der Waals surface area contributed by atoms with E-state index in [-0.39, 0.29) is 17.2 Å². The number of carboxylic acid groups (broad SMARTS) is 1. The molecule has 20 heavy (non-hydrogen) atoms. The van der Waals surface area contributed by atoms with Gasteiger partial charge in [0, 0.05) is 11.8 Å². The van der Waals surface area contributed by atoms with Gasteiger partial charge in [0.1, 0.15) is 16.2 Å². The number of rotatable bonds is 4. The number of amides is 1. The number of nitrogens with one attached hydrogen (secondary N) is 1. The quantitative estimate of drug-likeness (QED) is 0.903. The lowest BCUT2D eigenvalue weighted by Crippen LogP contribution is -2.11. The van der Waals surface area contributed by atoms with Crippen molar-refractivity contribution >= 4 is 28.9 Å². The minimum Gasteiger partial charge on any atom is -0.496 e. The zero-order valence-electron chi connectivity index (χ0n) is 10.8. The lowest BCUT2D eigenvalue weighted by molar-refractivity contribution is 0.0693. The van der Waals surface area contributed by atoms with E-state index >= 15 is 0 Å². The summed E-state index contributed by atoms with van der Waals surface area (Å²) < 4.78 is 5.00. The molecule has 6 nitrogen and oxygen atoms in total. The van der Waals surface area contributed by atoms with Crippen LogP contribution in [-0.2, 0) is 0 Å². The molecule has 0 aliphatic carbocycles. The van der Waals surface area contributed by atoms with E-state index in [1.807, 2.05) is 6.92 Å². The van der Waals surface area contributed by atoms with Gasteiger partial charge in [0.25, 0.3) is 5.91 Å². The van der Waals surface area contributed by atoms with Crippen LogP contribution in [0.2, 0.25) is 0 Å². The molecule has 0 spiro atoms. The van der Waals surface area contributed by atoms with Crippen LogP contribution >= 0.6 is 11.3 Å². The van der Waals surface area contributed by atoms with Gasteiger partial charge in [-0.05, 0) is 19.1 Å². The molecule has 1 aromatic carbocycles. The number of methoxy groups -OCH3 is 1. The zero-order chi connectivity index (χ0) is 14.7. The summed E-state index contributed by atoms with van der Waals surface area (Å²) in [6.07, 6.45) is 1.50. The number of aryl methyl sites for hydroxylation is 1. The molecule has 0 radical (unpaired) electrons. The molecule has 2 N–H and O–H groups in total. The van der Waals surface area contributed by atoms with Crippen molar-refractivity contribution in [1.29, 1.82) is 0 Å². The Morgan fingerprint density at radius 1 is 1.40 bits per heavy atom. The fraction of sp³-hybridized carbons (Fsp3) is 0.154. The molecule has 7 heteroatoms. The van der Waals surface area contributed by atoms with E-state index in [0.29, 0.717) is 10.6 Å². The van der Waals surface area contributed by atoms with Crippen molar-refractivity contribution in [1.82, 2.24) is 4.98 Å². The molecule has 0 bridgehead atoms. The topological polar surface area (TPSA) is 88.5 Å². The Hall–Kier alpha value is -2.41. The van der Waals surface area contributed by atoms with Gasteiger partial charge in [-0.25, -0.2) is 9.78 Å². The van der Waals surface area contributed by atoms with Crippen LogP contribution in [0.3, 0.4) is 0 Å². The summed E-state index contributed by atoms with van der Waals surface area (Å²) in [7, 11) is 1.37. The highest BCUT2D eigenvalue weighted by Crippen LogP contribution is 2.24. The Kier molecular flexibility index (Phi) is 3.99. The van der Waals surface area contributed by atoms with Gasteiger partial charge in [-0.3, -0.25) is 4.79 Å². The lowest BCUT2D eigenvalue weighted by Gasteiger charge is -2.08. The standard InChI is InChI=1S/C13H12N2O4S/c1-7-14-6-11(20-7)12(16)15-8-3-4-9(13(17)18)10(5-8)19-2/h3-6H,1-2H3,(H,15,16)(H,17,18). The first kappa shape index (κ1) is 14.0. The second-order valence-corrected chi connectivity index (χ2v) is 5.15. The average Bonchev–Trinajstić information content (AvgIpc) is 2.85. The highest BCUT2D eigenvalue weighted by molar-refractivity contribution is 7.13. The van der Waals surface area contributed by atoms with Crippen LogP contribution in [0.1, 0.15) is 25.0 Å². The van der Waals surface area contributed by atoms with Crippen molar-refractivity contribution in [3.05, 3.63) is 39.8 Å². The number of anilines is 1. The third-order valence-corrected chi connectivity index (χ3v) is 3.45. The van der Waals surface area contributed by atoms with Crippen LogP contribution in [0.15, 0.2) is 24.4 Å². The zero-order valence-corrected chi connectivity index (χ0v) is 11.7. The summed E-state index contributed by atoms with van der Waals surface area (Å²) >= 11 is 1.28. The predicted molar refractivity (Wildman–Crippen MR) is 74.8 cm³/mol. The van der Waals surface area contributed by atoms with Crippen LogP contribution in [0.25, 0.3) is 0 Å². The first-order valence-electron chi connectivity index (χ1n) is 5.66. The number of ether oxygens (including phenoxy) is 1. The number of aromatic carboxylic acids is 1. The molecule has 1 heterocycles. The maximum Gasteiger partial charge on any atom is 0.339 e. The van der Waals surface area contributed by atoms with E-state index in [0.717, 1.165) is 5.01 Å². The van der Waals surface area contributed by atoms with Gasteiger partial charge in [0.2, 0.25) is 0 Å². The van der Waals surface area contributed by atoms with Crippen LogP contribution < -0.4 is 10.1 Å². The number of carbonyl (C=O) groups excluding carboxylic acids is 1. The van der Waals surface area contributed by atoms with Crippen LogP contribution in [0.4, 0.5) is 5.69 Å². The number of hydrogen-bond donors (Lipinski definition) is 2. The monoisotopic (exact) mass is 292 g/mol. The third kappa shape index (κ3) is 2.94. The van der Waals surface area contributed by atoms with Gasteiger partial charge in [0.05, 0.1) is 18.3 Å². The van der Waals surface area contributed by atoms with Gasteiger partial charge >= 0.3 is 5.97 Å². The molecule has 1 amide bonds. The second-order valence-electron chi connectivity index (χ2n) is 3.92. The summed E-state index contributed by atoms with van der Waals surface area (Å²) in [5.74, 6) is -1.19. The fourth-order valence-electron chi connectivity index (χ4n) is 1.60. The van der Waals surface area contributed by atoms with Crippen LogP contribution in [0.5, 0.6) is 5.75 Å². The summed E-state index contributed by atoms with van der Waals surface area (Å²) in [4.78, 5) is 27.4. The predicted octanol–water partition coefficient (Wildman–Crippen LogP) is 2.41. The van der Waals surface area contributed by atoms with E-state index in [9.17, 15) is 9.59 Å². The average molecular weight is 292 g/mol. The summed E-state index contributed by atoms with van der Waals surface area (Å²) in [5, 5.41) is 12.4. The molecule has 0 atom stereocenters. The number of hydrogen-bond acceptors (Lipinski definition) is 5. The molecule has 0 saturated carbocycles. The maximum atomic E-state index is 11.9. The van der Waals surface area contributed by atoms with Crippen molar-refractivity contribution in [3.63, 3.8) is 0 Å². The molecule has 0 aliphatic heterocycles. The lowest BCUT2D eigenvalue weighted by atomic mass is 10.2. The van der Waals surface area contributed by atoms with Crippen LogP contribution in [-0.4, -0.2) is 29.1 Å². The number of carboxylic acids is 1. The van der Waals surface area contributed by atoms with Gasteiger partial charge in [-0.1, -0.05) is 0 Å². The number of thiazole rings is 1. The molecule has 0 aliphatic rings. The Labute approximate surface area is 119 Å². The summed E-state index contributed by atoms with van der Waals surface area (Å²) in [6.45, 7) is 1.81. The van der Waals surface area contributed by atoms with E-state index in [2.05, 4.69) is 10.3 Å². The molecule has 104 valence electrons. The molecule has 0 fully saturated rings. The number of aromatic nitrogens is 1. The first-order chi connectivity index (χ1) is 9.51. The van der Waals surface area contributed by atoms with Crippen molar-refractivity contribution in [3.8, 4) is 5.75 Å². The minimum absolute atomic E-state index is 0.0409. The first-order valence-corrected chi connectivity index (χ1v) is 6.48. The molecular formula is C13H12N2O4S. The molecule has 2 rings (SSSR count). The number of benzene rings is 1. The maximum absolute atomic E-state index is 11.9. The van der Waals surface area contributed by atoms with Gasteiger partial charge in [0.15, 0.2) is 0 Å². The van der Waals surface area contributed by atoms with Gasteiger partial charge in [-0.15, -0.1) is 11.3 Å². The Balaban J connectivity index is 2.22. The number of nitrogens with zero attached hydrogens (tertiary/aromatic N) is 1. The largest absolute Gasteiger partial charge is 0.496 e. The van der Waals surface area contributed by atoms with Gasteiger partial charge in [-0.2, -0.15) is 0 Å². The SMILES string of the molecule is COc1cc(NC(=O)c2cnc(C)s2)ccc1C(=O)O. The normalized spacial score (nSPS) is 10.1. The minimum atomic E-state index is -1.09. The van der Waals surface area contributed by atoms with E-state index < -0.39 is 5.97 Å². The van der Waals surface area contributed by atoms with Crippen molar-refractivity contribution in [2.45, 2.75) is 6.92 Å². The highest BCUT2D eigenvalue weighted by atomic mass is 32.1. The van der Waals surface area contributed by atoms with Crippen molar-refractivity contribution < 1.29 is 19.4 Å².